The van der Waals surface area contributed by atoms with Crippen LogP contribution in [0.3, 0.4) is 0 Å². The first-order valence-corrected chi connectivity index (χ1v) is 10.4. The summed E-state index contributed by atoms with van der Waals surface area (Å²) in [6.07, 6.45) is 3.57. The van der Waals surface area contributed by atoms with Gasteiger partial charge >= 0.3 is 0 Å². The Hall–Kier alpha value is -3.39. The number of H-pyrrole nitrogens is 1. The molecule has 8 nitrogen and oxygen atoms in total. The molecular weight excluding hydrogens is 416 g/mol. The van der Waals surface area contributed by atoms with Crippen molar-refractivity contribution in [3.05, 3.63) is 53.4 Å². The Morgan fingerprint density at radius 2 is 1.90 bits per heavy atom. The van der Waals surface area contributed by atoms with E-state index in [1.54, 1.807) is 20.4 Å². The fraction of sp³-hybridized carbons (Fsp3) is 0.273. The number of fused-ring (bicyclic) bond motifs is 1. The second-order valence-corrected chi connectivity index (χ2v) is 7.75. The number of ether oxygens (including phenoxy) is 2. The SMILES string of the molecule is COc1cccc(OC)c1-c1cnnc(N2CCCC2c2nc3ccc(Cl)cc3[nH]2)n1. The predicted octanol–water partition coefficient (Wildman–Crippen LogP) is 4.43. The molecule has 1 unspecified atom stereocenters. The Morgan fingerprint density at radius 3 is 2.68 bits per heavy atom. The summed E-state index contributed by atoms with van der Waals surface area (Å²) in [7, 11) is 3.25. The molecule has 5 rings (SSSR count). The molecule has 3 heterocycles. The number of aromatic amines is 1. The van der Waals surface area contributed by atoms with Gasteiger partial charge in [0.25, 0.3) is 0 Å². The number of anilines is 1. The lowest BCUT2D eigenvalue weighted by molar-refractivity contribution is 0.397. The van der Waals surface area contributed by atoms with E-state index in [-0.39, 0.29) is 6.04 Å². The second kappa shape index (κ2) is 8.03. The molecule has 0 bridgehead atoms. The summed E-state index contributed by atoms with van der Waals surface area (Å²) in [6.45, 7) is 0.816. The summed E-state index contributed by atoms with van der Waals surface area (Å²) < 4.78 is 11.1. The molecule has 0 spiro atoms. The molecule has 0 radical (unpaired) electrons. The van der Waals surface area contributed by atoms with Gasteiger partial charge < -0.3 is 19.4 Å². The van der Waals surface area contributed by atoms with Crippen LogP contribution in [0, 0.1) is 0 Å². The lowest BCUT2D eigenvalue weighted by Gasteiger charge is -2.23. The van der Waals surface area contributed by atoms with Crippen LogP contribution < -0.4 is 14.4 Å². The summed E-state index contributed by atoms with van der Waals surface area (Å²) in [4.78, 5) is 15.1. The predicted molar refractivity (Wildman–Crippen MR) is 119 cm³/mol. The van der Waals surface area contributed by atoms with Gasteiger partial charge in [-0.25, -0.2) is 9.97 Å². The van der Waals surface area contributed by atoms with E-state index in [1.165, 1.54) is 0 Å². The van der Waals surface area contributed by atoms with Crippen LogP contribution in [0.2, 0.25) is 5.02 Å². The van der Waals surface area contributed by atoms with Crippen molar-refractivity contribution in [1.82, 2.24) is 25.1 Å². The molecule has 1 N–H and O–H groups in total. The van der Waals surface area contributed by atoms with Gasteiger partial charge in [0, 0.05) is 11.6 Å². The zero-order valence-corrected chi connectivity index (χ0v) is 17.9. The number of halogens is 1. The van der Waals surface area contributed by atoms with E-state index in [9.17, 15) is 0 Å². The van der Waals surface area contributed by atoms with Crippen LogP contribution in [-0.2, 0) is 0 Å². The summed E-state index contributed by atoms with van der Waals surface area (Å²) in [5, 5.41) is 9.23. The normalized spacial score (nSPS) is 16.1. The van der Waals surface area contributed by atoms with Gasteiger partial charge in [0.2, 0.25) is 5.95 Å². The molecule has 31 heavy (non-hydrogen) atoms. The van der Waals surface area contributed by atoms with E-state index in [0.29, 0.717) is 28.2 Å². The van der Waals surface area contributed by atoms with E-state index in [2.05, 4.69) is 20.1 Å². The second-order valence-electron chi connectivity index (χ2n) is 7.31. The highest BCUT2D eigenvalue weighted by Gasteiger charge is 2.31. The van der Waals surface area contributed by atoms with Crippen molar-refractivity contribution in [3.8, 4) is 22.8 Å². The van der Waals surface area contributed by atoms with Gasteiger partial charge in [-0.2, -0.15) is 5.10 Å². The van der Waals surface area contributed by atoms with Crippen LogP contribution >= 0.6 is 11.6 Å². The molecule has 2 aromatic heterocycles. The first-order chi connectivity index (χ1) is 15.2. The lowest BCUT2D eigenvalue weighted by Crippen LogP contribution is -2.26. The highest BCUT2D eigenvalue weighted by atomic mass is 35.5. The Balaban J connectivity index is 1.53. The molecule has 1 fully saturated rings. The molecule has 0 amide bonds. The number of aromatic nitrogens is 5. The largest absolute Gasteiger partial charge is 0.496 e. The van der Waals surface area contributed by atoms with E-state index < -0.39 is 0 Å². The highest BCUT2D eigenvalue weighted by molar-refractivity contribution is 6.31. The van der Waals surface area contributed by atoms with Crippen LogP contribution in [0.4, 0.5) is 5.95 Å². The Labute approximate surface area is 184 Å². The van der Waals surface area contributed by atoms with Crippen molar-refractivity contribution in [2.24, 2.45) is 0 Å². The molecular formula is C22H21ClN6O2. The van der Waals surface area contributed by atoms with Crippen molar-refractivity contribution in [2.75, 3.05) is 25.7 Å². The molecule has 9 heteroatoms. The van der Waals surface area contributed by atoms with Gasteiger partial charge in [-0.15, -0.1) is 5.10 Å². The Bertz CT molecular complexity index is 1220. The van der Waals surface area contributed by atoms with E-state index in [0.717, 1.165) is 41.8 Å². The van der Waals surface area contributed by atoms with Gasteiger partial charge in [0.05, 0.1) is 43.1 Å². The third-order valence-corrected chi connectivity index (χ3v) is 5.75. The maximum absolute atomic E-state index is 6.13. The standard InChI is InChI=1S/C22H21ClN6O2/c1-30-18-6-3-7-19(31-2)20(18)16-12-24-28-22(27-16)29-10-4-5-17(29)21-25-14-9-8-13(23)11-15(14)26-21/h3,6-9,11-12,17H,4-5,10H2,1-2H3,(H,25,26). The third kappa shape index (κ3) is 3.53. The minimum atomic E-state index is 0.0304. The van der Waals surface area contributed by atoms with Gasteiger partial charge in [0.15, 0.2) is 0 Å². The number of imidazole rings is 1. The van der Waals surface area contributed by atoms with Crippen molar-refractivity contribution in [1.29, 1.82) is 0 Å². The first-order valence-electron chi connectivity index (χ1n) is 10.0. The number of hydrogen-bond acceptors (Lipinski definition) is 7. The Kier molecular flexibility index (Phi) is 5.07. The maximum Gasteiger partial charge on any atom is 0.246 e. The summed E-state index contributed by atoms with van der Waals surface area (Å²) >= 11 is 6.13. The van der Waals surface area contributed by atoms with Crippen LogP contribution in [0.5, 0.6) is 11.5 Å². The average molecular weight is 437 g/mol. The average Bonchev–Trinajstić information content (AvgIpc) is 3.45. The summed E-state index contributed by atoms with van der Waals surface area (Å²) in [6, 6.07) is 11.3. The fourth-order valence-corrected chi connectivity index (χ4v) is 4.26. The number of rotatable bonds is 5. The van der Waals surface area contributed by atoms with Gasteiger partial charge in [-0.3, -0.25) is 0 Å². The highest BCUT2D eigenvalue weighted by Crippen LogP contribution is 2.39. The topological polar surface area (TPSA) is 89.0 Å². The van der Waals surface area contributed by atoms with E-state index in [1.807, 2.05) is 36.4 Å². The number of hydrogen-bond donors (Lipinski definition) is 1. The molecule has 1 saturated heterocycles. The number of benzene rings is 2. The molecule has 1 aliphatic rings. The first kappa shape index (κ1) is 19.6. The third-order valence-electron chi connectivity index (χ3n) is 5.52. The quantitative estimate of drug-likeness (QED) is 0.495. The molecule has 4 aromatic rings. The lowest BCUT2D eigenvalue weighted by atomic mass is 10.1. The molecule has 0 saturated carbocycles. The van der Waals surface area contributed by atoms with Crippen LogP contribution in [-0.4, -0.2) is 45.9 Å². The Morgan fingerprint density at radius 1 is 1.10 bits per heavy atom. The van der Waals surface area contributed by atoms with Gasteiger partial charge in [0.1, 0.15) is 23.0 Å². The molecule has 1 aliphatic heterocycles. The van der Waals surface area contributed by atoms with Crippen molar-refractivity contribution in [3.63, 3.8) is 0 Å². The van der Waals surface area contributed by atoms with Crippen LogP contribution in [0.15, 0.2) is 42.6 Å². The fourth-order valence-electron chi connectivity index (χ4n) is 4.09. The van der Waals surface area contributed by atoms with Crippen molar-refractivity contribution < 1.29 is 9.47 Å². The van der Waals surface area contributed by atoms with Gasteiger partial charge in [-0.05, 0) is 43.2 Å². The molecule has 0 aliphatic carbocycles. The van der Waals surface area contributed by atoms with Crippen molar-refractivity contribution in [2.45, 2.75) is 18.9 Å². The monoisotopic (exact) mass is 436 g/mol. The number of methoxy groups -OCH3 is 2. The molecule has 158 valence electrons. The summed E-state index contributed by atoms with van der Waals surface area (Å²) in [5.74, 6) is 2.75. The minimum Gasteiger partial charge on any atom is -0.496 e. The van der Waals surface area contributed by atoms with E-state index >= 15 is 0 Å². The number of nitrogens with zero attached hydrogens (tertiary/aromatic N) is 5. The van der Waals surface area contributed by atoms with Crippen LogP contribution in [0.1, 0.15) is 24.7 Å². The molecule has 1 atom stereocenters. The van der Waals surface area contributed by atoms with Crippen LogP contribution in [0.25, 0.3) is 22.3 Å². The maximum atomic E-state index is 6.13. The summed E-state index contributed by atoms with van der Waals surface area (Å²) in [5.41, 5.74) is 3.19. The zero-order valence-electron chi connectivity index (χ0n) is 17.2. The van der Waals surface area contributed by atoms with Crippen molar-refractivity contribution >= 4 is 28.6 Å². The molecule has 2 aromatic carbocycles. The zero-order chi connectivity index (χ0) is 21.4. The van der Waals surface area contributed by atoms with Gasteiger partial charge in [-0.1, -0.05) is 17.7 Å². The number of nitrogens with one attached hydrogen (secondary N) is 1. The smallest absolute Gasteiger partial charge is 0.246 e. The van der Waals surface area contributed by atoms with E-state index in [4.69, 9.17) is 31.0 Å². The minimum absolute atomic E-state index is 0.0304.